The van der Waals surface area contributed by atoms with Crippen LogP contribution in [0.3, 0.4) is 0 Å². The van der Waals surface area contributed by atoms with Crippen LogP contribution in [-0.2, 0) is 4.74 Å². The number of morpholine rings is 1. The van der Waals surface area contributed by atoms with Crippen molar-refractivity contribution in [1.29, 1.82) is 0 Å². The van der Waals surface area contributed by atoms with Gasteiger partial charge >= 0.3 is 0 Å². The molecule has 2 heterocycles. The van der Waals surface area contributed by atoms with Crippen LogP contribution in [0.15, 0.2) is 23.1 Å². The number of benzene rings is 1. The molecule has 0 aliphatic carbocycles. The first-order valence-electron chi connectivity index (χ1n) is 6.61. The third-order valence-electron chi connectivity index (χ3n) is 3.71. The van der Waals surface area contributed by atoms with Crippen molar-refractivity contribution >= 4 is 11.8 Å². The van der Waals surface area contributed by atoms with Crippen LogP contribution in [0.2, 0.25) is 0 Å². The van der Waals surface area contributed by atoms with Crippen molar-refractivity contribution in [1.82, 2.24) is 4.90 Å². The van der Waals surface area contributed by atoms with E-state index in [9.17, 15) is 5.11 Å². The van der Waals surface area contributed by atoms with Crippen LogP contribution >= 0.6 is 11.8 Å². The molecule has 98 valence electrons. The molecule has 0 unspecified atom stereocenters. The first kappa shape index (κ1) is 12.3. The lowest BCUT2D eigenvalue weighted by molar-refractivity contribution is -0.0677. The minimum Gasteiger partial charge on any atom is -0.508 e. The summed E-state index contributed by atoms with van der Waals surface area (Å²) < 4.78 is 5.97. The monoisotopic (exact) mass is 265 g/mol. The maximum atomic E-state index is 9.67. The van der Waals surface area contributed by atoms with Crippen molar-refractivity contribution in [3.8, 4) is 5.75 Å². The van der Waals surface area contributed by atoms with Gasteiger partial charge in [-0.1, -0.05) is 6.92 Å². The number of thioether (sulfide) groups is 1. The molecule has 4 heteroatoms. The normalized spacial score (nSPS) is 27.6. The van der Waals surface area contributed by atoms with Crippen molar-refractivity contribution in [3.63, 3.8) is 0 Å². The molecule has 3 rings (SSSR count). The Kier molecular flexibility index (Phi) is 3.50. The van der Waals surface area contributed by atoms with Gasteiger partial charge < -0.3 is 9.84 Å². The molecule has 0 aromatic heterocycles. The average molecular weight is 265 g/mol. The Morgan fingerprint density at radius 3 is 3.22 bits per heavy atom. The van der Waals surface area contributed by atoms with Crippen molar-refractivity contribution in [2.45, 2.75) is 30.4 Å². The molecule has 0 spiro atoms. The van der Waals surface area contributed by atoms with Crippen LogP contribution in [-0.4, -0.2) is 41.5 Å². The Bertz CT molecular complexity index is 436. The molecule has 1 aromatic rings. The van der Waals surface area contributed by atoms with E-state index < -0.39 is 0 Å². The van der Waals surface area contributed by atoms with Crippen LogP contribution in [0, 0.1) is 0 Å². The molecule has 2 atom stereocenters. The van der Waals surface area contributed by atoms with E-state index in [0.29, 0.717) is 11.8 Å². The molecule has 2 aliphatic heterocycles. The Morgan fingerprint density at radius 1 is 1.50 bits per heavy atom. The number of phenolic OH excluding ortho intramolecular Hbond substituents is 1. The molecular formula is C14H19NO2S. The molecule has 0 radical (unpaired) electrons. The SMILES string of the molecule is CCCN1CCO[C@H]2c3cc(O)ccc3SC[C@H]21. The summed E-state index contributed by atoms with van der Waals surface area (Å²) in [4.78, 5) is 3.79. The number of fused-ring (bicyclic) bond motifs is 3. The highest BCUT2D eigenvalue weighted by Gasteiger charge is 2.37. The molecular weight excluding hydrogens is 246 g/mol. The van der Waals surface area contributed by atoms with E-state index in [1.165, 1.54) is 11.3 Å². The van der Waals surface area contributed by atoms with E-state index in [2.05, 4.69) is 11.8 Å². The molecule has 1 aromatic carbocycles. The third-order valence-corrected chi connectivity index (χ3v) is 4.91. The standard InChI is InChI=1S/C14H19NO2S/c1-2-5-15-6-7-17-14-11-8-10(16)3-4-13(11)18-9-12(14)15/h3-4,8,12,14,16H,2,5-7,9H2,1H3/t12-,14+/m1/s1. The van der Waals surface area contributed by atoms with Gasteiger partial charge in [0, 0.05) is 23.2 Å². The molecule has 0 saturated carbocycles. The molecule has 3 nitrogen and oxygen atoms in total. The molecule has 1 saturated heterocycles. The third kappa shape index (κ3) is 2.13. The Morgan fingerprint density at radius 2 is 2.39 bits per heavy atom. The van der Waals surface area contributed by atoms with Gasteiger partial charge in [0.1, 0.15) is 11.9 Å². The fourth-order valence-corrected chi connectivity index (χ4v) is 4.13. The number of ether oxygens (including phenoxy) is 1. The zero-order valence-corrected chi connectivity index (χ0v) is 11.4. The minimum absolute atomic E-state index is 0.133. The summed E-state index contributed by atoms with van der Waals surface area (Å²) in [5.74, 6) is 1.42. The molecule has 1 N–H and O–H groups in total. The summed E-state index contributed by atoms with van der Waals surface area (Å²) in [6.07, 6.45) is 1.31. The summed E-state index contributed by atoms with van der Waals surface area (Å²) in [5, 5.41) is 9.67. The maximum Gasteiger partial charge on any atom is 0.116 e. The molecule has 0 bridgehead atoms. The number of phenols is 1. The highest BCUT2D eigenvalue weighted by molar-refractivity contribution is 7.99. The van der Waals surface area contributed by atoms with Gasteiger partial charge in [-0.2, -0.15) is 0 Å². The van der Waals surface area contributed by atoms with Gasteiger partial charge in [-0.15, -0.1) is 11.8 Å². The first-order chi connectivity index (χ1) is 8.79. The highest BCUT2D eigenvalue weighted by Crippen LogP contribution is 2.43. The van der Waals surface area contributed by atoms with Gasteiger partial charge in [0.15, 0.2) is 0 Å². The number of aromatic hydroxyl groups is 1. The lowest BCUT2D eigenvalue weighted by atomic mass is 9.99. The predicted octanol–water partition coefficient (Wildman–Crippen LogP) is 2.65. The zero-order chi connectivity index (χ0) is 12.5. The van der Waals surface area contributed by atoms with Gasteiger partial charge in [0.05, 0.1) is 6.61 Å². The van der Waals surface area contributed by atoms with Crippen LogP contribution < -0.4 is 0 Å². The maximum absolute atomic E-state index is 9.67. The quantitative estimate of drug-likeness (QED) is 0.891. The number of rotatable bonds is 2. The summed E-state index contributed by atoms with van der Waals surface area (Å²) in [7, 11) is 0. The van der Waals surface area contributed by atoms with Crippen LogP contribution in [0.1, 0.15) is 25.0 Å². The van der Waals surface area contributed by atoms with Gasteiger partial charge in [0.2, 0.25) is 0 Å². The fourth-order valence-electron chi connectivity index (χ4n) is 2.88. The van der Waals surface area contributed by atoms with E-state index in [0.717, 1.165) is 31.0 Å². The molecule has 0 amide bonds. The predicted molar refractivity (Wildman–Crippen MR) is 73.2 cm³/mol. The van der Waals surface area contributed by atoms with Crippen molar-refractivity contribution < 1.29 is 9.84 Å². The van der Waals surface area contributed by atoms with Gasteiger partial charge in [-0.05, 0) is 36.7 Å². The number of hydrogen-bond acceptors (Lipinski definition) is 4. The molecule has 1 fully saturated rings. The Balaban J connectivity index is 1.91. The van der Waals surface area contributed by atoms with Crippen molar-refractivity contribution in [2.24, 2.45) is 0 Å². The Labute approximate surface area is 112 Å². The van der Waals surface area contributed by atoms with E-state index in [-0.39, 0.29) is 6.10 Å². The summed E-state index contributed by atoms with van der Waals surface area (Å²) >= 11 is 1.88. The smallest absolute Gasteiger partial charge is 0.116 e. The summed E-state index contributed by atoms with van der Waals surface area (Å²) in [6.45, 7) is 5.18. The molecule has 2 aliphatic rings. The van der Waals surface area contributed by atoms with Crippen molar-refractivity contribution in [2.75, 3.05) is 25.4 Å². The van der Waals surface area contributed by atoms with Crippen LogP contribution in [0.25, 0.3) is 0 Å². The largest absolute Gasteiger partial charge is 0.508 e. The number of hydrogen-bond donors (Lipinski definition) is 1. The van der Waals surface area contributed by atoms with Gasteiger partial charge in [-0.25, -0.2) is 0 Å². The zero-order valence-electron chi connectivity index (χ0n) is 10.6. The Hall–Kier alpha value is -0.710. The van der Waals surface area contributed by atoms with Gasteiger partial charge in [0.25, 0.3) is 0 Å². The summed E-state index contributed by atoms with van der Waals surface area (Å²) in [5.41, 5.74) is 1.16. The van der Waals surface area contributed by atoms with E-state index in [1.54, 1.807) is 6.07 Å². The van der Waals surface area contributed by atoms with E-state index in [1.807, 2.05) is 23.9 Å². The fraction of sp³-hybridized carbons (Fsp3) is 0.571. The van der Waals surface area contributed by atoms with Crippen LogP contribution in [0.4, 0.5) is 0 Å². The lowest BCUT2D eigenvalue weighted by Crippen LogP contribution is -2.50. The van der Waals surface area contributed by atoms with E-state index in [4.69, 9.17) is 4.74 Å². The second kappa shape index (κ2) is 5.11. The van der Waals surface area contributed by atoms with Gasteiger partial charge in [-0.3, -0.25) is 4.90 Å². The first-order valence-corrected chi connectivity index (χ1v) is 7.59. The molecule has 18 heavy (non-hydrogen) atoms. The van der Waals surface area contributed by atoms with Crippen molar-refractivity contribution in [3.05, 3.63) is 23.8 Å². The second-order valence-corrected chi connectivity index (χ2v) is 5.99. The van der Waals surface area contributed by atoms with E-state index >= 15 is 0 Å². The second-order valence-electron chi connectivity index (χ2n) is 4.93. The topological polar surface area (TPSA) is 32.7 Å². The van der Waals surface area contributed by atoms with Crippen LogP contribution in [0.5, 0.6) is 5.75 Å². The average Bonchev–Trinajstić information content (AvgIpc) is 2.39. The summed E-state index contributed by atoms with van der Waals surface area (Å²) in [6, 6.07) is 6.10. The lowest BCUT2D eigenvalue weighted by Gasteiger charge is -2.44. The number of nitrogens with zero attached hydrogens (tertiary/aromatic N) is 1. The highest BCUT2D eigenvalue weighted by atomic mass is 32.2. The minimum atomic E-state index is 0.133.